The van der Waals surface area contributed by atoms with E-state index in [0.717, 1.165) is 18.4 Å². The molecule has 4 aromatic rings. The first-order chi connectivity index (χ1) is 15.8. The number of amides is 1. The van der Waals surface area contributed by atoms with Crippen LogP contribution in [-0.4, -0.2) is 39.0 Å². The standard InChI is InChI=1S/C23H17F3N6O/c24-23(25,26)12-29-20-21-28-11-19(32(21)18-8-1-13(10-27)9-17(18)31-20)14-2-4-15(5-3-14)22(33)30-16-6-7-16/h1-5,8-9,11,16H,6-7,12H2,(H,29,31)(H,30,33). The molecule has 0 unspecified atom stereocenters. The van der Waals surface area contributed by atoms with E-state index >= 15 is 0 Å². The molecule has 0 atom stereocenters. The second-order valence-corrected chi connectivity index (χ2v) is 7.87. The van der Waals surface area contributed by atoms with Crippen molar-refractivity contribution >= 4 is 28.4 Å². The maximum atomic E-state index is 12.8. The van der Waals surface area contributed by atoms with Crippen LogP contribution in [0, 0.1) is 11.3 Å². The quantitative estimate of drug-likeness (QED) is 0.473. The number of carbonyl (C=O) groups excluding carboxylic acids is 1. The number of nitriles is 1. The highest BCUT2D eigenvalue weighted by molar-refractivity contribution is 5.95. The normalized spacial score (nSPS) is 13.8. The molecule has 33 heavy (non-hydrogen) atoms. The van der Waals surface area contributed by atoms with Crippen LogP contribution in [-0.2, 0) is 0 Å². The number of hydrogen-bond donors (Lipinski definition) is 2. The monoisotopic (exact) mass is 450 g/mol. The molecule has 1 aliphatic carbocycles. The Kier molecular flexibility index (Phi) is 4.89. The number of alkyl halides is 3. The number of fused-ring (bicyclic) bond motifs is 3. The summed E-state index contributed by atoms with van der Waals surface area (Å²) < 4.78 is 40.2. The van der Waals surface area contributed by atoms with Gasteiger partial charge in [-0.05, 0) is 43.2 Å². The summed E-state index contributed by atoms with van der Waals surface area (Å²) in [7, 11) is 0. The molecular formula is C23H17F3N6O. The largest absolute Gasteiger partial charge is 0.405 e. The Morgan fingerprint density at radius 3 is 2.61 bits per heavy atom. The first-order valence-electron chi connectivity index (χ1n) is 10.3. The Balaban J connectivity index is 1.61. The highest BCUT2D eigenvalue weighted by Gasteiger charge is 2.28. The fraction of sp³-hybridized carbons (Fsp3) is 0.217. The van der Waals surface area contributed by atoms with Gasteiger partial charge >= 0.3 is 6.18 Å². The third-order valence-corrected chi connectivity index (χ3v) is 5.36. The molecule has 2 N–H and O–H groups in total. The number of nitrogens with one attached hydrogen (secondary N) is 2. The number of halogens is 3. The molecule has 0 aliphatic heterocycles. The summed E-state index contributed by atoms with van der Waals surface area (Å²) in [6.07, 6.45) is -0.906. The van der Waals surface area contributed by atoms with Crippen molar-refractivity contribution in [2.24, 2.45) is 0 Å². The third-order valence-electron chi connectivity index (χ3n) is 5.36. The van der Waals surface area contributed by atoms with E-state index in [2.05, 4.69) is 20.6 Å². The van der Waals surface area contributed by atoms with E-state index in [-0.39, 0.29) is 23.4 Å². The molecule has 1 fully saturated rings. The van der Waals surface area contributed by atoms with Gasteiger partial charge in [0.1, 0.15) is 6.54 Å². The van der Waals surface area contributed by atoms with Gasteiger partial charge in [-0.1, -0.05) is 12.1 Å². The summed E-state index contributed by atoms with van der Waals surface area (Å²) in [5.41, 5.74) is 3.37. The van der Waals surface area contributed by atoms with Gasteiger partial charge in [-0.25, -0.2) is 9.97 Å². The van der Waals surface area contributed by atoms with E-state index in [9.17, 15) is 23.2 Å². The van der Waals surface area contributed by atoms with Gasteiger partial charge in [-0.15, -0.1) is 0 Å². The number of carbonyl (C=O) groups is 1. The zero-order valence-corrected chi connectivity index (χ0v) is 17.1. The first kappa shape index (κ1) is 20.8. The predicted octanol–water partition coefficient (Wildman–Crippen LogP) is 4.29. The number of anilines is 1. The minimum absolute atomic E-state index is 0.0402. The topological polar surface area (TPSA) is 95.1 Å². The number of hydrogen-bond acceptors (Lipinski definition) is 5. The predicted molar refractivity (Wildman–Crippen MR) is 116 cm³/mol. The van der Waals surface area contributed by atoms with E-state index < -0.39 is 12.7 Å². The van der Waals surface area contributed by atoms with Gasteiger partial charge < -0.3 is 10.6 Å². The summed E-state index contributed by atoms with van der Waals surface area (Å²) in [4.78, 5) is 20.9. The second kappa shape index (κ2) is 7.78. The van der Waals surface area contributed by atoms with Crippen LogP contribution in [0.4, 0.5) is 19.0 Å². The van der Waals surface area contributed by atoms with Crippen LogP contribution >= 0.6 is 0 Å². The molecule has 2 aromatic heterocycles. The molecular weight excluding hydrogens is 433 g/mol. The summed E-state index contributed by atoms with van der Waals surface area (Å²) in [6, 6.07) is 14.0. The molecule has 1 aliphatic rings. The summed E-state index contributed by atoms with van der Waals surface area (Å²) >= 11 is 0. The van der Waals surface area contributed by atoms with Gasteiger partial charge in [0.05, 0.1) is 34.6 Å². The molecule has 7 nitrogen and oxygen atoms in total. The van der Waals surface area contributed by atoms with Crippen molar-refractivity contribution in [1.29, 1.82) is 5.26 Å². The smallest absolute Gasteiger partial charge is 0.358 e. The van der Waals surface area contributed by atoms with Gasteiger partial charge in [0, 0.05) is 17.2 Å². The molecule has 1 amide bonds. The lowest BCUT2D eigenvalue weighted by Crippen LogP contribution is -2.25. The molecule has 0 saturated heterocycles. The minimum Gasteiger partial charge on any atom is -0.358 e. The molecule has 0 bridgehead atoms. The second-order valence-electron chi connectivity index (χ2n) is 7.87. The highest BCUT2D eigenvalue weighted by atomic mass is 19.4. The van der Waals surface area contributed by atoms with Gasteiger partial charge in [0.2, 0.25) is 0 Å². The van der Waals surface area contributed by atoms with Gasteiger partial charge in [-0.3, -0.25) is 9.20 Å². The number of aromatic nitrogens is 3. The van der Waals surface area contributed by atoms with Crippen LogP contribution in [0.5, 0.6) is 0 Å². The lowest BCUT2D eigenvalue weighted by molar-refractivity contribution is -0.115. The molecule has 2 heterocycles. The van der Waals surface area contributed by atoms with E-state index in [1.165, 1.54) is 6.07 Å². The molecule has 0 spiro atoms. The van der Waals surface area contributed by atoms with Crippen molar-refractivity contribution in [3.8, 4) is 17.3 Å². The van der Waals surface area contributed by atoms with Crippen molar-refractivity contribution < 1.29 is 18.0 Å². The molecule has 2 aromatic carbocycles. The van der Waals surface area contributed by atoms with Crippen LogP contribution in [0.2, 0.25) is 0 Å². The van der Waals surface area contributed by atoms with Gasteiger partial charge in [0.25, 0.3) is 5.91 Å². The van der Waals surface area contributed by atoms with E-state index in [0.29, 0.717) is 27.9 Å². The van der Waals surface area contributed by atoms with Gasteiger partial charge in [-0.2, -0.15) is 18.4 Å². The van der Waals surface area contributed by atoms with E-state index in [4.69, 9.17) is 0 Å². The van der Waals surface area contributed by atoms with Crippen molar-refractivity contribution in [1.82, 2.24) is 19.7 Å². The van der Waals surface area contributed by atoms with E-state index in [1.807, 2.05) is 6.07 Å². The van der Waals surface area contributed by atoms with Crippen LogP contribution in [0.3, 0.4) is 0 Å². The molecule has 5 rings (SSSR count). The highest BCUT2D eigenvalue weighted by Crippen LogP contribution is 2.30. The lowest BCUT2D eigenvalue weighted by Gasteiger charge is -2.13. The van der Waals surface area contributed by atoms with Crippen LogP contribution in [0.1, 0.15) is 28.8 Å². The lowest BCUT2D eigenvalue weighted by atomic mass is 10.1. The number of nitrogens with zero attached hydrogens (tertiary/aromatic N) is 4. The van der Waals surface area contributed by atoms with Crippen molar-refractivity contribution in [3.05, 3.63) is 59.8 Å². The Morgan fingerprint density at radius 1 is 1.18 bits per heavy atom. The van der Waals surface area contributed by atoms with Gasteiger partial charge in [0.15, 0.2) is 11.5 Å². The maximum absolute atomic E-state index is 12.8. The summed E-state index contributed by atoms with van der Waals surface area (Å²) in [5.74, 6) is -0.180. The fourth-order valence-corrected chi connectivity index (χ4v) is 3.60. The molecule has 10 heteroatoms. The zero-order chi connectivity index (χ0) is 23.2. The number of imidazole rings is 1. The molecule has 0 radical (unpaired) electrons. The number of benzene rings is 2. The van der Waals surface area contributed by atoms with Crippen LogP contribution < -0.4 is 10.6 Å². The third kappa shape index (κ3) is 4.17. The van der Waals surface area contributed by atoms with Crippen molar-refractivity contribution in [3.63, 3.8) is 0 Å². The fourth-order valence-electron chi connectivity index (χ4n) is 3.60. The zero-order valence-electron chi connectivity index (χ0n) is 17.1. The van der Waals surface area contributed by atoms with E-state index in [1.54, 1.807) is 47.0 Å². The van der Waals surface area contributed by atoms with Crippen LogP contribution in [0.25, 0.3) is 27.9 Å². The first-order valence-corrected chi connectivity index (χ1v) is 10.3. The summed E-state index contributed by atoms with van der Waals surface area (Å²) in [5, 5.41) is 14.5. The maximum Gasteiger partial charge on any atom is 0.405 e. The Bertz CT molecular complexity index is 1410. The number of rotatable bonds is 5. The Morgan fingerprint density at radius 2 is 1.94 bits per heavy atom. The Labute approximate surface area is 185 Å². The Hall–Kier alpha value is -4.13. The SMILES string of the molecule is N#Cc1ccc2c(c1)nc(NCC(F)(F)F)c1ncc(-c3ccc(C(=O)NC4CC4)cc3)n12. The average Bonchev–Trinajstić information content (AvgIpc) is 3.50. The molecule has 166 valence electrons. The molecule has 1 saturated carbocycles. The van der Waals surface area contributed by atoms with Crippen molar-refractivity contribution in [2.45, 2.75) is 25.1 Å². The minimum atomic E-state index is -4.44. The van der Waals surface area contributed by atoms with Crippen LogP contribution in [0.15, 0.2) is 48.7 Å². The van der Waals surface area contributed by atoms with Crippen molar-refractivity contribution in [2.75, 3.05) is 11.9 Å². The average molecular weight is 450 g/mol. The summed E-state index contributed by atoms with van der Waals surface area (Å²) in [6.45, 7) is -1.27.